The number of benzene rings is 1. The molecule has 7 heteroatoms. The smallest absolute Gasteiger partial charge is 0.313 e. The second-order valence-corrected chi connectivity index (χ2v) is 5.06. The van der Waals surface area contributed by atoms with Crippen LogP contribution in [0.3, 0.4) is 0 Å². The first kappa shape index (κ1) is 12.7. The first-order valence-corrected chi connectivity index (χ1v) is 6.27. The summed E-state index contributed by atoms with van der Waals surface area (Å²) in [5.41, 5.74) is 0.414. The van der Waals surface area contributed by atoms with Crippen LogP contribution >= 0.6 is 0 Å². The minimum absolute atomic E-state index is 0.168. The zero-order valence-electron chi connectivity index (χ0n) is 10.9. The van der Waals surface area contributed by atoms with Gasteiger partial charge in [0.05, 0.1) is 24.8 Å². The number of nitrogens with one attached hydrogen (secondary N) is 1. The molecule has 7 nitrogen and oxygen atoms in total. The van der Waals surface area contributed by atoms with E-state index in [9.17, 15) is 9.90 Å². The summed E-state index contributed by atoms with van der Waals surface area (Å²) in [6, 6.07) is 6.98. The van der Waals surface area contributed by atoms with Gasteiger partial charge in [-0.2, -0.15) is 0 Å². The van der Waals surface area contributed by atoms with Crippen molar-refractivity contribution < 1.29 is 14.6 Å². The molecule has 0 amide bonds. The van der Waals surface area contributed by atoms with Gasteiger partial charge >= 0.3 is 5.97 Å². The van der Waals surface area contributed by atoms with Gasteiger partial charge in [0.15, 0.2) is 0 Å². The van der Waals surface area contributed by atoms with Crippen LogP contribution in [0.4, 0.5) is 5.95 Å². The van der Waals surface area contributed by atoms with E-state index in [0.29, 0.717) is 23.6 Å². The topological polar surface area (TPSA) is 97.2 Å². The Morgan fingerprint density at radius 3 is 2.90 bits per heavy atom. The summed E-state index contributed by atoms with van der Waals surface area (Å²) in [4.78, 5) is 15.7. The van der Waals surface area contributed by atoms with Crippen molar-refractivity contribution in [3.05, 3.63) is 24.3 Å². The number of anilines is 1. The number of ether oxygens (including phenoxy) is 1. The van der Waals surface area contributed by atoms with E-state index in [4.69, 9.17) is 4.74 Å². The molecule has 20 heavy (non-hydrogen) atoms. The fraction of sp³-hybridized carbons (Fsp3) is 0.385. The Morgan fingerprint density at radius 2 is 2.15 bits per heavy atom. The van der Waals surface area contributed by atoms with Crippen molar-refractivity contribution in [1.29, 1.82) is 0 Å². The van der Waals surface area contributed by atoms with Crippen LogP contribution in [-0.4, -0.2) is 45.5 Å². The van der Waals surface area contributed by atoms with Gasteiger partial charge < -0.3 is 15.2 Å². The maximum atomic E-state index is 11.4. The molecule has 0 radical (unpaired) electrons. The fourth-order valence-electron chi connectivity index (χ4n) is 2.18. The van der Waals surface area contributed by atoms with E-state index in [0.717, 1.165) is 0 Å². The Morgan fingerprint density at radius 1 is 1.40 bits per heavy atom. The predicted molar refractivity (Wildman–Crippen MR) is 71.3 cm³/mol. The maximum absolute atomic E-state index is 11.4. The number of aliphatic carboxylic acids is 1. The second-order valence-electron chi connectivity index (χ2n) is 5.06. The lowest BCUT2D eigenvalue weighted by Gasteiger charge is -2.25. The molecule has 1 aromatic heterocycles. The number of carboxylic acids is 1. The molecule has 0 saturated carbocycles. The molecule has 0 bridgehead atoms. The van der Waals surface area contributed by atoms with Crippen LogP contribution in [0.25, 0.3) is 11.0 Å². The first-order chi connectivity index (χ1) is 9.59. The first-order valence-electron chi connectivity index (χ1n) is 6.27. The lowest BCUT2D eigenvalue weighted by atomic mass is 9.85. The number of carbonyl (C=O) groups is 1. The highest BCUT2D eigenvalue weighted by Crippen LogP contribution is 2.30. The molecule has 1 aliphatic heterocycles. The molecule has 1 fully saturated rings. The van der Waals surface area contributed by atoms with E-state index in [-0.39, 0.29) is 12.6 Å². The zero-order valence-corrected chi connectivity index (χ0v) is 10.9. The third-order valence-corrected chi connectivity index (χ3v) is 3.61. The van der Waals surface area contributed by atoms with Gasteiger partial charge in [-0.25, -0.2) is 4.98 Å². The summed E-state index contributed by atoms with van der Waals surface area (Å²) in [5, 5.41) is 20.4. The molecule has 1 aromatic carbocycles. The predicted octanol–water partition coefficient (Wildman–Crippen LogP) is 0.926. The van der Waals surface area contributed by atoms with Crippen LogP contribution < -0.4 is 5.32 Å². The molecule has 2 N–H and O–H groups in total. The number of rotatable bonds is 3. The molecule has 104 valence electrons. The van der Waals surface area contributed by atoms with Crippen molar-refractivity contribution in [2.75, 3.05) is 18.5 Å². The molecular weight excluding hydrogens is 260 g/mol. The highest BCUT2D eigenvalue weighted by atomic mass is 16.5. The third kappa shape index (κ3) is 2.05. The summed E-state index contributed by atoms with van der Waals surface area (Å²) in [7, 11) is 0. The van der Waals surface area contributed by atoms with Crippen molar-refractivity contribution in [1.82, 2.24) is 15.2 Å². The van der Waals surface area contributed by atoms with Gasteiger partial charge in [-0.3, -0.25) is 4.79 Å². The normalized spacial score (nSPS) is 25.8. The number of carboxylic acid groups (broad SMARTS) is 1. The molecule has 2 aromatic rings. The third-order valence-electron chi connectivity index (χ3n) is 3.61. The molecule has 1 saturated heterocycles. The highest BCUT2D eigenvalue weighted by Gasteiger charge is 2.47. The van der Waals surface area contributed by atoms with Gasteiger partial charge in [-0.1, -0.05) is 12.1 Å². The quantitative estimate of drug-likeness (QED) is 0.859. The van der Waals surface area contributed by atoms with Crippen LogP contribution in [0, 0.1) is 5.41 Å². The summed E-state index contributed by atoms with van der Waals surface area (Å²) in [6.07, 6.45) is 0. The van der Waals surface area contributed by atoms with Crippen LogP contribution in [-0.2, 0) is 9.53 Å². The van der Waals surface area contributed by atoms with Gasteiger partial charge in [-0.15, -0.1) is 10.2 Å². The lowest BCUT2D eigenvalue weighted by Crippen LogP contribution is -2.43. The van der Waals surface area contributed by atoms with Crippen LogP contribution in [0.15, 0.2) is 24.3 Å². The number of aromatic nitrogens is 3. The second kappa shape index (κ2) is 4.68. The van der Waals surface area contributed by atoms with Crippen molar-refractivity contribution in [3.63, 3.8) is 0 Å². The van der Waals surface area contributed by atoms with Crippen LogP contribution in [0.2, 0.25) is 0 Å². The summed E-state index contributed by atoms with van der Waals surface area (Å²) in [6.45, 7) is 2.12. The van der Waals surface area contributed by atoms with Crippen LogP contribution in [0.1, 0.15) is 6.92 Å². The van der Waals surface area contributed by atoms with Gasteiger partial charge in [0.25, 0.3) is 0 Å². The Hall–Kier alpha value is -2.28. The van der Waals surface area contributed by atoms with Crippen LogP contribution in [0.5, 0.6) is 0 Å². The van der Waals surface area contributed by atoms with E-state index in [1.165, 1.54) is 0 Å². The van der Waals surface area contributed by atoms with Gasteiger partial charge in [-0.05, 0) is 19.1 Å². The average Bonchev–Trinajstić information content (AvgIpc) is 2.81. The zero-order chi connectivity index (χ0) is 14.2. The van der Waals surface area contributed by atoms with E-state index in [2.05, 4.69) is 20.5 Å². The summed E-state index contributed by atoms with van der Waals surface area (Å²) in [5.74, 6) is -0.590. The fourth-order valence-corrected chi connectivity index (χ4v) is 2.18. The van der Waals surface area contributed by atoms with Crippen molar-refractivity contribution >= 4 is 23.0 Å². The SMILES string of the molecule is CC1(C(=O)O)COCC1Nc1nnc2ccccc2n1. The van der Waals surface area contributed by atoms with Gasteiger partial charge in [0.1, 0.15) is 10.9 Å². The molecule has 2 atom stereocenters. The molecule has 3 rings (SSSR count). The molecule has 0 spiro atoms. The van der Waals surface area contributed by atoms with Gasteiger partial charge in [0.2, 0.25) is 5.95 Å². The van der Waals surface area contributed by atoms with Crippen molar-refractivity contribution in [3.8, 4) is 0 Å². The standard InChI is InChI=1S/C13H14N4O3/c1-13(11(18)19)7-20-6-10(13)15-12-14-8-4-2-3-5-9(8)16-17-12/h2-5,10H,6-7H2,1H3,(H,18,19)(H,14,15,17). The molecular formula is C13H14N4O3. The number of nitrogens with zero attached hydrogens (tertiary/aromatic N) is 3. The number of hydrogen-bond acceptors (Lipinski definition) is 6. The molecule has 0 aliphatic carbocycles. The Labute approximate surface area is 115 Å². The highest BCUT2D eigenvalue weighted by molar-refractivity contribution is 5.77. The van der Waals surface area contributed by atoms with E-state index < -0.39 is 11.4 Å². The Bertz CT molecular complexity index is 663. The molecule has 2 heterocycles. The number of hydrogen-bond donors (Lipinski definition) is 2. The minimum Gasteiger partial charge on any atom is -0.481 e. The number of fused-ring (bicyclic) bond motifs is 1. The van der Waals surface area contributed by atoms with E-state index >= 15 is 0 Å². The largest absolute Gasteiger partial charge is 0.481 e. The minimum atomic E-state index is -0.991. The lowest BCUT2D eigenvalue weighted by molar-refractivity contribution is -0.148. The maximum Gasteiger partial charge on any atom is 0.313 e. The Kier molecular flexibility index (Phi) is 2.98. The number of para-hydroxylation sites is 1. The van der Waals surface area contributed by atoms with E-state index in [1.54, 1.807) is 6.92 Å². The molecule has 2 unspecified atom stereocenters. The average molecular weight is 274 g/mol. The molecule has 1 aliphatic rings. The van der Waals surface area contributed by atoms with Gasteiger partial charge in [0, 0.05) is 0 Å². The van der Waals surface area contributed by atoms with E-state index in [1.807, 2.05) is 24.3 Å². The van der Waals surface area contributed by atoms with Crippen molar-refractivity contribution in [2.45, 2.75) is 13.0 Å². The van der Waals surface area contributed by atoms with Crippen molar-refractivity contribution in [2.24, 2.45) is 5.41 Å². The summed E-state index contributed by atoms with van der Waals surface area (Å²) >= 11 is 0. The summed E-state index contributed by atoms with van der Waals surface area (Å²) < 4.78 is 5.27. The Balaban J connectivity index is 1.87. The monoisotopic (exact) mass is 274 g/mol.